The van der Waals surface area contributed by atoms with Gasteiger partial charge in [-0.1, -0.05) is 121 Å². The molecule has 2 atom stereocenters. The van der Waals surface area contributed by atoms with Gasteiger partial charge < -0.3 is 14.7 Å². The Balaban J connectivity index is 1.53. The standard InChI is InChI=1S/C33H36N2O2/c1-34-22-24-35(25-23-34)32(27-14-6-2-7-15-27)31(36)26-37-33(28-16-8-3-9-17-28,29-18-10-4-11-19-29)30-20-12-5-13-21-30/h2-21,31-32,36H,22-26H2,1H3/t31-,32+/m0/s1. The number of rotatable bonds is 9. The molecule has 1 saturated heterocycles. The average molecular weight is 493 g/mol. The smallest absolute Gasteiger partial charge is 0.143 e. The maximum absolute atomic E-state index is 11.8. The Morgan fingerprint density at radius 2 is 1.05 bits per heavy atom. The molecule has 4 aromatic carbocycles. The Morgan fingerprint density at radius 1 is 0.649 bits per heavy atom. The highest BCUT2D eigenvalue weighted by Crippen LogP contribution is 2.41. The van der Waals surface area contributed by atoms with E-state index in [4.69, 9.17) is 4.74 Å². The lowest BCUT2D eigenvalue weighted by molar-refractivity contribution is -0.0713. The highest BCUT2D eigenvalue weighted by molar-refractivity contribution is 5.47. The number of benzene rings is 4. The third kappa shape index (κ3) is 5.53. The lowest BCUT2D eigenvalue weighted by atomic mass is 9.80. The van der Waals surface area contributed by atoms with Crippen molar-refractivity contribution in [3.63, 3.8) is 0 Å². The molecule has 0 aromatic heterocycles. The molecule has 1 aliphatic heterocycles. The minimum atomic E-state index is -0.853. The minimum absolute atomic E-state index is 0.144. The first kappa shape index (κ1) is 25.4. The zero-order chi connectivity index (χ0) is 25.5. The van der Waals surface area contributed by atoms with E-state index >= 15 is 0 Å². The molecule has 4 nitrogen and oxygen atoms in total. The summed E-state index contributed by atoms with van der Waals surface area (Å²) >= 11 is 0. The third-order valence-electron chi connectivity index (χ3n) is 7.45. The van der Waals surface area contributed by atoms with Crippen molar-refractivity contribution in [3.8, 4) is 0 Å². The molecule has 1 aliphatic rings. The molecular formula is C33H36N2O2. The van der Waals surface area contributed by atoms with Crippen LogP contribution in [0.2, 0.25) is 0 Å². The first-order valence-electron chi connectivity index (χ1n) is 13.1. The van der Waals surface area contributed by atoms with Crippen molar-refractivity contribution in [3.05, 3.63) is 144 Å². The first-order valence-corrected chi connectivity index (χ1v) is 13.1. The maximum Gasteiger partial charge on any atom is 0.143 e. The van der Waals surface area contributed by atoms with Crippen molar-refractivity contribution in [2.24, 2.45) is 0 Å². The number of aliphatic hydroxyl groups is 1. The van der Waals surface area contributed by atoms with Crippen LogP contribution in [0.15, 0.2) is 121 Å². The molecule has 1 heterocycles. The Hall–Kier alpha value is -3.28. The number of hydrogen-bond acceptors (Lipinski definition) is 4. The quantitative estimate of drug-likeness (QED) is 0.320. The van der Waals surface area contributed by atoms with Crippen molar-refractivity contribution in [1.82, 2.24) is 9.80 Å². The van der Waals surface area contributed by atoms with Gasteiger partial charge in [-0.05, 0) is 29.3 Å². The molecule has 5 rings (SSSR count). The van der Waals surface area contributed by atoms with Gasteiger partial charge in [0.25, 0.3) is 0 Å². The highest BCUT2D eigenvalue weighted by atomic mass is 16.5. The number of piperazine rings is 1. The summed E-state index contributed by atoms with van der Waals surface area (Å²) in [5, 5.41) is 11.8. The van der Waals surface area contributed by atoms with Crippen molar-refractivity contribution in [2.75, 3.05) is 39.8 Å². The van der Waals surface area contributed by atoms with Crippen LogP contribution in [0.4, 0.5) is 0 Å². The van der Waals surface area contributed by atoms with Gasteiger partial charge in [0.15, 0.2) is 0 Å². The van der Waals surface area contributed by atoms with Crippen LogP contribution in [-0.4, -0.2) is 60.8 Å². The zero-order valence-electron chi connectivity index (χ0n) is 21.5. The molecule has 0 spiro atoms. The van der Waals surface area contributed by atoms with Crippen molar-refractivity contribution < 1.29 is 9.84 Å². The summed E-state index contributed by atoms with van der Waals surface area (Å²) in [6.07, 6.45) is -0.707. The highest BCUT2D eigenvalue weighted by Gasteiger charge is 2.39. The molecule has 4 heteroatoms. The molecule has 0 radical (unpaired) electrons. The second kappa shape index (κ2) is 11.8. The predicted molar refractivity (Wildman–Crippen MR) is 149 cm³/mol. The summed E-state index contributed by atoms with van der Waals surface area (Å²) in [5.41, 5.74) is 3.38. The molecule has 0 unspecified atom stereocenters. The fourth-order valence-corrected chi connectivity index (χ4v) is 5.50. The molecule has 190 valence electrons. The molecule has 0 aliphatic carbocycles. The van der Waals surface area contributed by atoms with Gasteiger partial charge in [-0.2, -0.15) is 0 Å². The molecule has 0 saturated carbocycles. The van der Waals surface area contributed by atoms with E-state index in [1.165, 1.54) is 0 Å². The van der Waals surface area contributed by atoms with Crippen LogP contribution in [0.1, 0.15) is 28.3 Å². The van der Waals surface area contributed by atoms with E-state index in [1.807, 2.05) is 72.8 Å². The Morgan fingerprint density at radius 3 is 1.49 bits per heavy atom. The minimum Gasteiger partial charge on any atom is -0.389 e. The molecule has 37 heavy (non-hydrogen) atoms. The largest absolute Gasteiger partial charge is 0.389 e. The second-order valence-corrected chi connectivity index (χ2v) is 9.85. The first-order chi connectivity index (χ1) is 18.2. The van der Waals surface area contributed by atoms with E-state index < -0.39 is 11.7 Å². The fraction of sp³-hybridized carbons (Fsp3) is 0.273. The molecule has 0 bridgehead atoms. The van der Waals surface area contributed by atoms with Crippen molar-refractivity contribution in [1.29, 1.82) is 0 Å². The average Bonchev–Trinajstić information content (AvgIpc) is 2.97. The van der Waals surface area contributed by atoms with Crippen LogP contribution in [0, 0.1) is 0 Å². The van der Waals surface area contributed by atoms with Crippen LogP contribution in [0.3, 0.4) is 0 Å². The van der Waals surface area contributed by atoms with Gasteiger partial charge in [0.2, 0.25) is 0 Å². The van der Waals surface area contributed by atoms with E-state index in [0.29, 0.717) is 0 Å². The lowest BCUT2D eigenvalue weighted by Crippen LogP contribution is -2.50. The summed E-state index contributed by atoms with van der Waals surface area (Å²) in [5.74, 6) is 0. The van der Waals surface area contributed by atoms with E-state index in [2.05, 4.69) is 65.4 Å². The Labute approximate surface area is 220 Å². The summed E-state index contributed by atoms with van der Waals surface area (Å²) in [6.45, 7) is 3.98. The number of ether oxygens (including phenoxy) is 1. The van der Waals surface area contributed by atoms with Crippen LogP contribution < -0.4 is 0 Å². The topological polar surface area (TPSA) is 35.9 Å². The molecule has 0 amide bonds. The fourth-order valence-electron chi connectivity index (χ4n) is 5.50. The number of aliphatic hydroxyl groups excluding tert-OH is 1. The van der Waals surface area contributed by atoms with Gasteiger partial charge >= 0.3 is 0 Å². The summed E-state index contributed by atoms with van der Waals surface area (Å²) in [6, 6.07) is 41.3. The van der Waals surface area contributed by atoms with Gasteiger partial charge in [0.1, 0.15) is 5.60 Å². The van der Waals surface area contributed by atoms with Crippen LogP contribution in [0.5, 0.6) is 0 Å². The van der Waals surface area contributed by atoms with E-state index in [0.717, 1.165) is 48.4 Å². The van der Waals surface area contributed by atoms with Gasteiger partial charge in [-0.15, -0.1) is 0 Å². The van der Waals surface area contributed by atoms with Gasteiger partial charge in [-0.3, -0.25) is 4.90 Å². The molecule has 1 fully saturated rings. The Bertz CT molecular complexity index is 1110. The SMILES string of the molecule is CN1CCN([C@H](c2ccccc2)[C@@H](O)COC(c2ccccc2)(c2ccccc2)c2ccccc2)CC1. The van der Waals surface area contributed by atoms with E-state index in [9.17, 15) is 5.11 Å². The van der Waals surface area contributed by atoms with E-state index in [-0.39, 0.29) is 12.6 Å². The van der Waals surface area contributed by atoms with Crippen LogP contribution in [0.25, 0.3) is 0 Å². The van der Waals surface area contributed by atoms with E-state index in [1.54, 1.807) is 0 Å². The Kier molecular flexibility index (Phi) is 8.12. The lowest BCUT2D eigenvalue weighted by Gasteiger charge is -2.42. The van der Waals surface area contributed by atoms with Gasteiger partial charge in [0, 0.05) is 26.2 Å². The predicted octanol–water partition coefficient (Wildman–Crippen LogP) is 5.34. The molecule has 4 aromatic rings. The summed E-state index contributed by atoms with van der Waals surface area (Å²) in [4.78, 5) is 4.74. The molecular weight excluding hydrogens is 456 g/mol. The van der Waals surface area contributed by atoms with Gasteiger partial charge in [-0.25, -0.2) is 0 Å². The maximum atomic E-state index is 11.8. The normalized spacial score (nSPS) is 16.8. The number of nitrogens with zero attached hydrogens (tertiary/aromatic N) is 2. The summed E-state index contributed by atoms with van der Waals surface area (Å²) < 4.78 is 6.98. The van der Waals surface area contributed by atoms with Crippen LogP contribution >= 0.6 is 0 Å². The third-order valence-corrected chi connectivity index (χ3v) is 7.45. The zero-order valence-corrected chi connectivity index (χ0v) is 21.5. The second-order valence-electron chi connectivity index (χ2n) is 9.85. The van der Waals surface area contributed by atoms with Crippen LogP contribution in [-0.2, 0) is 10.3 Å². The molecule has 1 N–H and O–H groups in total. The van der Waals surface area contributed by atoms with Crippen molar-refractivity contribution in [2.45, 2.75) is 17.7 Å². The number of likely N-dealkylation sites (N-methyl/N-ethyl adjacent to an activating group) is 1. The number of hydrogen-bond donors (Lipinski definition) is 1. The monoisotopic (exact) mass is 492 g/mol. The van der Waals surface area contributed by atoms with Gasteiger partial charge in [0.05, 0.1) is 18.8 Å². The summed E-state index contributed by atoms with van der Waals surface area (Å²) in [7, 11) is 2.16. The van der Waals surface area contributed by atoms with Crippen molar-refractivity contribution >= 4 is 0 Å².